The number of aryl methyl sites for hydroxylation is 1. The lowest BCUT2D eigenvalue weighted by Gasteiger charge is -2.01. The highest BCUT2D eigenvalue weighted by Crippen LogP contribution is 1.98. The van der Waals surface area contributed by atoms with Crippen LogP contribution in [0, 0.1) is 0 Å². The van der Waals surface area contributed by atoms with Crippen molar-refractivity contribution in [1.82, 2.24) is 9.88 Å². The van der Waals surface area contributed by atoms with E-state index in [1.54, 1.807) is 0 Å². The number of aromatic nitrogens is 1. The van der Waals surface area contributed by atoms with Gasteiger partial charge in [0.1, 0.15) is 0 Å². The topological polar surface area (TPSA) is 34.0 Å². The summed E-state index contributed by atoms with van der Waals surface area (Å²) in [4.78, 5) is 11.4. The molecule has 0 bridgehead atoms. The molecule has 1 aromatic heterocycles. The highest BCUT2D eigenvalue weighted by Gasteiger charge is 2.04. The molecule has 0 spiro atoms. The van der Waals surface area contributed by atoms with E-state index in [4.69, 9.17) is 0 Å². The Kier molecular flexibility index (Phi) is 3.55. The van der Waals surface area contributed by atoms with E-state index in [0.29, 0.717) is 0 Å². The van der Waals surface area contributed by atoms with Gasteiger partial charge in [0, 0.05) is 26.0 Å². The van der Waals surface area contributed by atoms with Gasteiger partial charge in [0.25, 0.3) is 5.91 Å². The summed E-state index contributed by atoms with van der Waals surface area (Å²) in [6.45, 7) is 2.87. The molecule has 0 aliphatic heterocycles. The molecule has 3 heteroatoms. The van der Waals surface area contributed by atoms with E-state index in [2.05, 4.69) is 12.2 Å². The van der Waals surface area contributed by atoms with Gasteiger partial charge in [-0.2, -0.15) is 0 Å². The first-order valence-corrected chi connectivity index (χ1v) is 4.64. The third-order valence-electron chi connectivity index (χ3n) is 1.91. The monoisotopic (exact) mass is 180 g/mol. The zero-order valence-corrected chi connectivity index (χ0v) is 8.21. The maximum absolute atomic E-state index is 11.4. The third-order valence-corrected chi connectivity index (χ3v) is 1.91. The molecule has 0 aromatic carbocycles. The van der Waals surface area contributed by atoms with Crippen LogP contribution < -0.4 is 5.32 Å². The Morgan fingerprint density at radius 3 is 2.92 bits per heavy atom. The Labute approximate surface area is 78.8 Å². The molecule has 0 atom stereocenters. The molecule has 0 aliphatic carbocycles. The lowest BCUT2D eigenvalue weighted by Crippen LogP contribution is -2.23. The summed E-state index contributed by atoms with van der Waals surface area (Å²) in [5, 5.41) is 2.86. The average molecular weight is 180 g/mol. The summed E-state index contributed by atoms with van der Waals surface area (Å²) in [5.41, 5.74) is 0.735. The van der Waals surface area contributed by atoms with E-state index < -0.39 is 0 Å². The van der Waals surface area contributed by atoms with Gasteiger partial charge < -0.3 is 9.88 Å². The van der Waals surface area contributed by atoms with Gasteiger partial charge in [-0.3, -0.25) is 4.79 Å². The van der Waals surface area contributed by atoms with Gasteiger partial charge >= 0.3 is 0 Å². The normalized spacial score (nSPS) is 10.0. The van der Waals surface area contributed by atoms with Crippen LogP contribution in [0.25, 0.3) is 0 Å². The number of hydrogen-bond donors (Lipinski definition) is 1. The second kappa shape index (κ2) is 4.70. The number of nitrogens with one attached hydrogen (secondary N) is 1. The minimum absolute atomic E-state index is 0.0223. The van der Waals surface area contributed by atoms with Crippen LogP contribution in [0.15, 0.2) is 18.5 Å². The van der Waals surface area contributed by atoms with Crippen LogP contribution in [0.5, 0.6) is 0 Å². The number of amides is 1. The minimum atomic E-state index is 0.0223. The summed E-state index contributed by atoms with van der Waals surface area (Å²) in [5.74, 6) is 0.0223. The quantitative estimate of drug-likeness (QED) is 0.701. The van der Waals surface area contributed by atoms with Crippen molar-refractivity contribution in [1.29, 1.82) is 0 Å². The van der Waals surface area contributed by atoms with Gasteiger partial charge in [-0.05, 0) is 12.5 Å². The van der Waals surface area contributed by atoms with Gasteiger partial charge in [-0.25, -0.2) is 0 Å². The van der Waals surface area contributed by atoms with Crippen molar-refractivity contribution in [2.45, 2.75) is 19.8 Å². The lowest BCUT2D eigenvalue weighted by atomic mass is 10.3. The predicted octanol–water partition coefficient (Wildman–Crippen LogP) is 1.55. The number of rotatable bonds is 4. The second-order valence-corrected chi connectivity index (χ2v) is 3.18. The van der Waals surface area contributed by atoms with E-state index >= 15 is 0 Å². The zero-order valence-electron chi connectivity index (χ0n) is 8.21. The lowest BCUT2D eigenvalue weighted by molar-refractivity contribution is 0.0953. The zero-order chi connectivity index (χ0) is 9.68. The first-order valence-electron chi connectivity index (χ1n) is 4.64. The van der Waals surface area contributed by atoms with Gasteiger partial charge in [0.15, 0.2) is 0 Å². The van der Waals surface area contributed by atoms with Gasteiger partial charge in [-0.1, -0.05) is 13.3 Å². The number of hydrogen-bond acceptors (Lipinski definition) is 1. The summed E-state index contributed by atoms with van der Waals surface area (Å²) >= 11 is 0. The van der Waals surface area contributed by atoms with Crippen molar-refractivity contribution in [3.63, 3.8) is 0 Å². The third kappa shape index (κ3) is 2.93. The Morgan fingerprint density at radius 2 is 2.38 bits per heavy atom. The second-order valence-electron chi connectivity index (χ2n) is 3.18. The van der Waals surface area contributed by atoms with Gasteiger partial charge in [0.2, 0.25) is 0 Å². The standard InChI is InChI=1S/C10H16N2O/c1-3-4-6-11-10(13)9-5-7-12(2)8-9/h5,7-8H,3-4,6H2,1-2H3,(H,11,13). The molecule has 13 heavy (non-hydrogen) atoms. The first kappa shape index (κ1) is 9.84. The SMILES string of the molecule is CCCCNC(=O)c1ccn(C)c1. The molecular weight excluding hydrogens is 164 g/mol. The van der Waals surface area contributed by atoms with Gasteiger partial charge in [-0.15, -0.1) is 0 Å². The summed E-state index contributed by atoms with van der Waals surface area (Å²) in [7, 11) is 1.91. The molecule has 1 aromatic rings. The van der Waals surface area contributed by atoms with E-state index in [1.807, 2.05) is 30.1 Å². The van der Waals surface area contributed by atoms with E-state index in [0.717, 1.165) is 24.9 Å². The van der Waals surface area contributed by atoms with Crippen molar-refractivity contribution in [2.24, 2.45) is 7.05 Å². The highest BCUT2D eigenvalue weighted by molar-refractivity contribution is 5.93. The maximum Gasteiger partial charge on any atom is 0.252 e. The van der Waals surface area contributed by atoms with Crippen LogP contribution >= 0.6 is 0 Å². The number of carbonyl (C=O) groups is 1. The molecular formula is C10H16N2O. The van der Waals surface area contributed by atoms with Crippen LogP contribution in [0.3, 0.4) is 0 Å². The molecule has 0 radical (unpaired) electrons. The Morgan fingerprint density at radius 1 is 1.62 bits per heavy atom. The molecule has 1 rings (SSSR count). The molecule has 0 saturated heterocycles. The fourth-order valence-corrected chi connectivity index (χ4v) is 1.12. The highest BCUT2D eigenvalue weighted by atomic mass is 16.1. The fourth-order valence-electron chi connectivity index (χ4n) is 1.12. The molecule has 1 amide bonds. The number of nitrogens with zero attached hydrogens (tertiary/aromatic N) is 1. The van der Waals surface area contributed by atoms with Crippen molar-refractivity contribution < 1.29 is 4.79 Å². The van der Waals surface area contributed by atoms with Crippen molar-refractivity contribution in [3.05, 3.63) is 24.0 Å². The Balaban J connectivity index is 2.40. The minimum Gasteiger partial charge on any atom is -0.356 e. The number of carbonyl (C=O) groups excluding carboxylic acids is 1. The van der Waals surface area contributed by atoms with Crippen LogP contribution in [0.2, 0.25) is 0 Å². The molecule has 72 valence electrons. The molecule has 0 saturated carbocycles. The number of unbranched alkanes of at least 4 members (excludes halogenated alkanes) is 1. The molecule has 0 aliphatic rings. The molecule has 1 N–H and O–H groups in total. The van der Waals surface area contributed by atoms with E-state index in [9.17, 15) is 4.79 Å². The smallest absolute Gasteiger partial charge is 0.252 e. The maximum atomic E-state index is 11.4. The van der Waals surface area contributed by atoms with E-state index in [1.165, 1.54) is 0 Å². The summed E-state index contributed by atoms with van der Waals surface area (Å²) < 4.78 is 1.87. The Hall–Kier alpha value is -1.25. The average Bonchev–Trinajstić information content (AvgIpc) is 2.52. The van der Waals surface area contributed by atoms with Crippen molar-refractivity contribution in [2.75, 3.05) is 6.54 Å². The summed E-state index contributed by atoms with van der Waals surface area (Å²) in [6.07, 6.45) is 5.84. The van der Waals surface area contributed by atoms with Crippen molar-refractivity contribution >= 4 is 5.91 Å². The molecule has 0 fully saturated rings. The largest absolute Gasteiger partial charge is 0.356 e. The molecule has 0 unspecified atom stereocenters. The fraction of sp³-hybridized carbons (Fsp3) is 0.500. The van der Waals surface area contributed by atoms with Crippen LogP contribution in [-0.4, -0.2) is 17.0 Å². The Bertz CT molecular complexity index is 278. The van der Waals surface area contributed by atoms with Crippen LogP contribution in [0.4, 0.5) is 0 Å². The predicted molar refractivity (Wildman–Crippen MR) is 52.7 cm³/mol. The summed E-state index contributed by atoms with van der Waals surface area (Å²) in [6, 6.07) is 1.82. The van der Waals surface area contributed by atoms with E-state index in [-0.39, 0.29) is 5.91 Å². The van der Waals surface area contributed by atoms with Crippen molar-refractivity contribution in [3.8, 4) is 0 Å². The van der Waals surface area contributed by atoms with Crippen LogP contribution in [0.1, 0.15) is 30.1 Å². The molecule has 1 heterocycles. The van der Waals surface area contributed by atoms with Crippen LogP contribution in [-0.2, 0) is 7.05 Å². The first-order chi connectivity index (χ1) is 6.24. The molecule has 3 nitrogen and oxygen atoms in total. The van der Waals surface area contributed by atoms with Gasteiger partial charge in [0.05, 0.1) is 5.56 Å².